The van der Waals surface area contributed by atoms with Crippen molar-refractivity contribution in [3.63, 3.8) is 0 Å². The summed E-state index contributed by atoms with van der Waals surface area (Å²) in [6.45, 7) is 4.18. The molecule has 0 spiro atoms. The van der Waals surface area contributed by atoms with Crippen LogP contribution in [0, 0.1) is 4.91 Å². The average molecular weight is 181 g/mol. The van der Waals surface area contributed by atoms with Crippen LogP contribution in [0.1, 0.15) is 13.8 Å². The Morgan fingerprint density at radius 1 is 1.33 bits per heavy atom. The molecule has 1 aromatic rings. The van der Waals surface area contributed by atoms with E-state index in [0.717, 1.165) is 4.90 Å². The molecular weight excluding hydrogens is 170 g/mol. The lowest BCUT2D eigenvalue weighted by Gasteiger charge is -2.04. The topological polar surface area (TPSA) is 29.4 Å². The summed E-state index contributed by atoms with van der Waals surface area (Å²) in [4.78, 5) is 11.3. The number of hydrogen-bond donors (Lipinski definition) is 0. The Kier molecular flexibility index (Phi) is 3.29. The molecule has 0 aromatic heterocycles. The van der Waals surface area contributed by atoms with Crippen LogP contribution in [0.3, 0.4) is 0 Å². The van der Waals surface area contributed by atoms with Crippen LogP contribution in [-0.4, -0.2) is 5.25 Å². The molecule has 64 valence electrons. The molecule has 0 aliphatic heterocycles. The van der Waals surface area contributed by atoms with Crippen LogP contribution in [0.4, 0.5) is 5.69 Å². The number of nitroso groups, excluding NO2 is 1. The van der Waals surface area contributed by atoms with Gasteiger partial charge in [0.1, 0.15) is 5.69 Å². The smallest absolute Gasteiger partial charge is 0.121 e. The largest absolute Gasteiger partial charge is 0.145 e. The number of nitrogens with zero attached hydrogens (tertiary/aromatic N) is 1. The summed E-state index contributed by atoms with van der Waals surface area (Å²) in [5.74, 6) is 0. The van der Waals surface area contributed by atoms with E-state index < -0.39 is 0 Å². The van der Waals surface area contributed by atoms with Crippen LogP contribution < -0.4 is 0 Å². The Labute approximate surface area is 76.3 Å². The molecule has 0 saturated heterocycles. The molecule has 0 fully saturated rings. The van der Waals surface area contributed by atoms with Gasteiger partial charge < -0.3 is 0 Å². The molecule has 1 aromatic carbocycles. The van der Waals surface area contributed by atoms with Crippen LogP contribution in [0.2, 0.25) is 0 Å². The van der Waals surface area contributed by atoms with E-state index in [9.17, 15) is 4.91 Å². The number of thioether (sulfide) groups is 1. The second-order valence-corrected chi connectivity index (χ2v) is 4.34. The lowest BCUT2D eigenvalue weighted by molar-refractivity contribution is 1.11. The molecule has 2 nitrogen and oxygen atoms in total. The highest BCUT2D eigenvalue weighted by molar-refractivity contribution is 8.00. The monoisotopic (exact) mass is 181 g/mol. The third-order valence-corrected chi connectivity index (χ3v) is 2.40. The zero-order chi connectivity index (χ0) is 8.97. The summed E-state index contributed by atoms with van der Waals surface area (Å²) in [6.07, 6.45) is 0. The van der Waals surface area contributed by atoms with E-state index in [1.54, 1.807) is 17.8 Å². The van der Waals surface area contributed by atoms with E-state index in [1.807, 2.05) is 18.2 Å². The lowest BCUT2D eigenvalue weighted by atomic mass is 10.3. The number of benzene rings is 1. The molecule has 0 bridgehead atoms. The van der Waals surface area contributed by atoms with Crippen molar-refractivity contribution >= 4 is 17.4 Å². The Hall–Kier alpha value is -0.830. The molecule has 0 amide bonds. The first-order valence-electron chi connectivity index (χ1n) is 3.83. The molecule has 0 atom stereocenters. The molecule has 0 aliphatic rings. The van der Waals surface area contributed by atoms with Crippen LogP contribution >= 0.6 is 11.8 Å². The summed E-state index contributed by atoms with van der Waals surface area (Å²) in [5.41, 5.74) is 0.538. The zero-order valence-electron chi connectivity index (χ0n) is 7.15. The van der Waals surface area contributed by atoms with E-state index in [1.165, 1.54) is 0 Å². The van der Waals surface area contributed by atoms with Gasteiger partial charge in [-0.05, 0) is 17.3 Å². The second kappa shape index (κ2) is 4.26. The maximum atomic E-state index is 10.3. The van der Waals surface area contributed by atoms with Crippen LogP contribution in [0.5, 0.6) is 0 Å². The van der Waals surface area contributed by atoms with Gasteiger partial charge in [0.2, 0.25) is 0 Å². The summed E-state index contributed by atoms with van der Waals surface area (Å²) in [7, 11) is 0. The highest BCUT2D eigenvalue weighted by Gasteiger charge is 2.03. The van der Waals surface area contributed by atoms with E-state index in [0.29, 0.717) is 10.9 Å². The summed E-state index contributed by atoms with van der Waals surface area (Å²) in [5, 5.41) is 3.43. The average Bonchev–Trinajstić information content (AvgIpc) is 2.04. The number of hydrogen-bond acceptors (Lipinski definition) is 3. The van der Waals surface area contributed by atoms with Crippen molar-refractivity contribution in [3.05, 3.63) is 29.2 Å². The molecular formula is C9H11NOS. The zero-order valence-corrected chi connectivity index (χ0v) is 7.97. The maximum absolute atomic E-state index is 10.3. The van der Waals surface area contributed by atoms with E-state index in [2.05, 4.69) is 19.0 Å². The summed E-state index contributed by atoms with van der Waals surface area (Å²) < 4.78 is 0. The highest BCUT2D eigenvalue weighted by atomic mass is 32.2. The maximum Gasteiger partial charge on any atom is 0.121 e. The fraction of sp³-hybridized carbons (Fsp3) is 0.333. The first-order chi connectivity index (χ1) is 5.74. The Bertz CT molecular complexity index is 273. The fourth-order valence-corrected chi connectivity index (χ4v) is 1.78. The predicted octanol–water partition coefficient (Wildman–Crippen LogP) is 3.59. The Balaban J connectivity index is 2.89. The second-order valence-electron chi connectivity index (χ2n) is 2.73. The molecule has 1 rings (SSSR count). The van der Waals surface area contributed by atoms with Gasteiger partial charge in [0.15, 0.2) is 0 Å². The standard InChI is InChI=1S/C9H11NOS/c1-7(2)12-9-6-4-3-5-8(9)10-11/h3-7H,1-2H3. The van der Waals surface area contributed by atoms with E-state index in [4.69, 9.17) is 0 Å². The van der Waals surface area contributed by atoms with Crippen LogP contribution in [0.25, 0.3) is 0 Å². The van der Waals surface area contributed by atoms with Crippen LogP contribution in [0.15, 0.2) is 34.3 Å². The fourth-order valence-electron chi connectivity index (χ4n) is 0.886. The Morgan fingerprint density at radius 2 is 2.00 bits per heavy atom. The predicted molar refractivity (Wildman–Crippen MR) is 52.9 cm³/mol. The highest BCUT2D eigenvalue weighted by Crippen LogP contribution is 2.31. The quantitative estimate of drug-likeness (QED) is 0.527. The number of rotatable bonds is 3. The molecule has 0 N–H and O–H groups in total. The molecule has 0 aliphatic carbocycles. The lowest BCUT2D eigenvalue weighted by Crippen LogP contribution is -1.85. The van der Waals surface area contributed by atoms with Gasteiger partial charge in [0.25, 0.3) is 0 Å². The molecule has 0 radical (unpaired) electrons. The van der Waals surface area contributed by atoms with Crippen molar-refractivity contribution in [2.75, 3.05) is 0 Å². The van der Waals surface area contributed by atoms with Gasteiger partial charge in [-0.3, -0.25) is 0 Å². The molecule has 3 heteroatoms. The van der Waals surface area contributed by atoms with Gasteiger partial charge in [-0.25, -0.2) is 0 Å². The molecule has 0 unspecified atom stereocenters. The first-order valence-corrected chi connectivity index (χ1v) is 4.71. The Morgan fingerprint density at radius 3 is 2.58 bits per heavy atom. The van der Waals surface area contributed by atoms with Crippen molar-refractivity contribution in [2.45, 2.75) is 24.0 Å². The first kappa shape index (κ1) is 9.26. The summed E-state index contributed by atoms with van der Waals surface area (Å²) in [6, 6.07) is 7.39. The third kappa shape index (κ3) is 2.34. The van der Waals surface area contributed by atoms with Crippen LogP contribution in [-0.2, 0) is 0 Å². The molecule has 0 saturated carbocycles. The minimum absolute atomic E-state index is 0.480. The van der Waals surface area contributed by atoms with Gasteiger partial charge in [-0.2, -0.15) is 0 Å². The minimum Gasteiger partial charge on any atom is -0.145 e. The van der Waals surface area contributed by atoms with Gasteiger partial charge >= 0.3 is 0 Å². The summed E-state index contributed by atoms with van der Waals surface area (Å²) >= 11 is 1.66. The van der Waals surface area contributed by atoms with Crippen molar-refractivity contribution in [1.82, 2.24) is 0 Å². The van der Waals surface area contributed by atoms with Gasteiger partial charge in [-0.1, -0.05) is 26.0 Å². The van der Waals surface area contributed by atoms with Gasteiger partial charge in [0, 0.05) is 10.1 Å². The van der Waals surface area contributed by atoms with Crippen molar-refractivity contribution < 1.29 is 0 Å². The molecule has 12 heavy (non-hydrogen) atoms. The van der Waals surface area contributed by atoms with Crippen molar-refractivity contribution in [2.24, 2.45) is 5.18 Å². The van der Waals surface area contributed by atoms with Crippen molar-refractivity contribution in [3.8, 4) is 0 Å². The van der Waals surface area contributed by atoms with E-state index >= 15 is 0 Å². The normalized spacial score (nSPS) is 10.2. The van der Waals surface area contributed by atoms with Crippen molar-refractivity contribution in [1.29, 1.82) is 0 Å². The SMILES string of the molecule is CC(C)Sc1ccccc1N=O. The molecule has 0 heterocycles. The van der Waals surface area contributed by atoms with Gasteiger partial charge in [0.05, 0.1) is 0 Å². The third-order valence-electron chi connectivity index (χ3n) is 1.33. The van der Waals surface area contributed by atoms with Gasteiger partial charge in [-0.15, -0.1) is 16.7 Å². The van der Waals surface area contributed by atoms with E-state index in [-0.39, 0.29) is 0 Å². The minimum atomic E-state index is 0.480.